The fraction of sp³-hybridized carbons (Fsp3) is 0. The van der Waals surface area contributed by atoms with Gasteiger partial charge in [0.05, 0.1) is 0 Å². The number of rotatable bonds is 4. The molecule has 10 heteroatoms. The molecule has 0 saturated heterocycles. The smallest absolute Gasteiger partial charge is 0.235 e. The van der Waals surface area contributed by atoms with Crippen molar-refractivity contribution in [3.8, 4) is 0 Å². The first-order chi connectivity index (χ1) is 7.35. The molecule has 90 valence electrons. The van der Waals surface area contributed by atoms with E-state index in [4.69, 9.17) is 10.5 Å². The van der Waals surface area contributed by atoms with Crippen molar-refractivity contribution in [1.29, 1.82) is 0 Å². The second-order valence-corrected chi connectivity index (χ2v) is 5.50. The molecule has 0 aliphatic rings. The van der Waals surface area contributed by atoms with Crippen LogP contribution >= 0.6 is 0 Å². The molecule has 0 spiro atoms. The largest absolute Gasteiger partial charge is 0.324 e. The Morgan fingerprint density at radius 1 is 0.812 bits per heavy atom. The second kappa shape index (κ2) is 4.45. The van der Waals surface area contributed by atoms with Gasteiger partial charge in [0.15, 0.2) is 0 Å². The molecule has 0 aromatic heterocycles. The Kier molecular flexibility index (Phi) is 3.62. The third kappa shape index (κ3) is 2.37. The number of benzene rings is 1. The van der Waals surface area contributed by atoms with E-state index in [0.29, 0.717) is 0 Å². The minimum absolute atomic E-state index is 0.855. The lowest BCUT2D eigenvalue weighted by Gasteiger charge is -2.05. The molecule has 0 unspecified atom stereocenters. The SMILES string of the molecule is O=S(=O)(OO)c1ccccc1S(=O)(=O)OO. The highest BCUT2D eigenvalue weighted by Crippen LogP contribution is 2.22. The van der Waals surface area contributed by atoms with E-state index in [9.17, 15) is 16.8 Å². The van der Waals surface area contributed by atoms with Gasteiger partial charge in [0.2, 0.25) is 0 Å². The van der Waals surface area contributed by atoms with E-state index in [1.165, 1.54) is 12.1 Å². The molecule has 0 amide bonds. The maximum Gasteiger partial charge on any atom is 0.324 e. The molecule has 0 radical (unpaired) electrons. The summed E-state index contributed by atoms with van der Waals surface area (Å²) in [7, 11) is -9.27. The fourth-order valence-corrected chi connectivity index (χ4v) is 2.84. The van der Waals surface area contributed by atoms with Crippen molar-refractivity contribution in [2.75, 3.05) is 0 Å². The monoisotopic (exact) mass is 270 g/mol. The Balaban J connectivity index is 3.57. The average molecular weight is 270 g/mol. The summed E-state index contributed by atoms with van der Waals surface area (Å²) in [5.74, 6) is 0. The van der Waals surface area contributed by atoms with E-state index in [0.717, 1.165) is 12.1 Å². The lowest BCUT2D eigenvalue weighted by Crippen LogP contribution is -2.12. The van der Waals surface area contributed by atoms with Gasteiger partial charge < -0.3 is 0 Å². The Labute approximate surface area is 90.8 Å². The quantitative estimate of drug-likeness (QED) is 0.580. The molecule has 2 N–H and O–H groups in total. The zero-order valence-electron chi connectivity index (χ0n) is 7.47. The van der Waals surface area contributed by atoms with Crippen LogP contribution in [0, 0.1) is 0 Å². The van der Waals surface area contributed by atoms with Gasteiger partial charge in [-0.2, -0.15) is 16.8 Å². The van der Waals surface area contributed by atoms with Gasteiger partial charge in [-0.1, -0.05) is 12.1 Å². The van der Waals surface area contributed by atoms with Crippen molar-refractivity contribution in [2.45, 2.75) is 9.79 Å². The van der Waals surface area contributed by atoms with E-state index < -0.39 is 30.0 Å². The van der Waals surface area contributed by atoms with Crippen LogP contribution < -0.4 is 0 Å². The molecule has 0 fully saturated rings. The molecule has 1 aromatic rings. The second-order valence-electron chi connectivity index (χ2n) is 2.50. The number of hydrogen-bond acceptors (Lipinski definition) is 8. The van der Waals surface area contributed by atoms with Crippen LogP contribution in [0.25, 0.3) is 0 Å². The summed E-state index contributed by atoms with van der Waals surface area (Å²) >= 11 is 0. The average Bonchev–Trinajstić information content (AvgIpc) is 2.29. The zero-order valence-corrected chi connectivity index (χ0v) is 9.10. The fourth-order valence-electron chi connectivity index (χ4n) is 0.944. The van der Waals surface area contributed by atoms with E-state index >= 15 is 0 Å². The maximum atomic E-state index is 11.1. The van der Waals surface area contributed by atoms with Gasteiger partial charge in [-0.3, -0.25) is 0 Å². The topological polar surface area (TPSA) is 127 Å². The third-order valence-corrected chi connectivity index (χ3v) is 3.90. The molecule has 0 aliphatic heterocycles. The lowest BCUT2D eigenvalue weighted by molar-refractivity contribution is -0.132. The van der Waals surface area contributed by atoms with Crippen LogP contribution in [0.5, 0.6) is 0 Å². The molecule has 1 aromatic carbocycles. The molecule has 0 aliphatic carbocycles. The Morgan fingerprint density at radius 3 is 1.38 bits per heavy atom. The summed E-state index contributed by atoms with van der Waals surface area (Å²) < 4.78 is 50.8. The van der Waals surface area contributed by atoms with E-state index in [1.807, 2.05) is 0 Å². The van der Waals surface area contributed by atoms with Crippen molar-refractivity contribution in [3.05, 3.63) is 24.3 Å². The first kappa shape index (κ1) is 13.0. The van der Waals surface area contributed by atoms with E-state index in [1.54, 1.807) is 0 Å². The highest BCUT2D eigenvalue weighted by atomic mass is 32.2. The Bertz CT molecular complexity index is 519. The molecule has 1 rings (SSSR count). The van der Waals surface area contributed by atoms with Crippen LogP contribution in [-0.2, 0) is 28.9 Å². The van der Waals surface area contributed by atoms with Crippen molar-refractivity contribution in [1.82, 2.24) is 0 Å². The first-order valence-corrected chi connectivity index (χ1v) is 6.42. The molecule has 0 bridgehead atoms. The minimum atomic E-state index is -4.64. The molecule has 16 heavy (non-hydrogen) atoms. The lowest BCUT2D eigenvalue weighted by atomic mass is 10.4. The Morgan fingerprint density at radius 2 is 1.12 bits per heavy atom. The van der Waals surface area contributed by atoms with Gasteiger partial charge in [-0.05, 0) is 12.1 Å². The molecule has 0 atom stereocenters. The molecule has 0 heterocycles. The predicted molar refractivity (Wildman–Crippen MR) is 48.2 cm³/mol. The summed E-state index contributed by atoms with van der Waals surface area (Å²) in [6, 6.07) is 4.11. The van der Waals surface area contributed by atoms with Gasteiger partial charge in [0, 0.05) is 0 Å². The van der Waals surface area contributed by atoms with Crippen LogP contribution in [0.3, 0.4) is 0 Å². The zero-order chi connectivity index (χ0) is 12.4. The summed E-state index contributed by atoms with van der Waals surface area (Å²) in [4.78, 5) is -1.71. The minimum Gasteiger partial charge on any atom is -0.235 e. The summed E-state index contributed by atoms with van der Waals surface area (Å²) in [5, 5.41) is 16.2. The molecule has 0 saturated carbocycles. The molecular formula is C6H6O8S2. The highest BCUT2D eigenvalue weighted by Gasteiger charge is 2.27. The first-order valence-electron chi connectivity index (χ1n) is 3.60. The van der Waals surface area contributed by atoms with Crippen molar-refractivity contribution >= 4 is 20.2 Å². The highest BCUT2D eigenvalue weighted by molar-refractivity contribution is 7.89. The maximum absolute atomic E-state index is 11.1. The van der Waals surface area contributed by atoms with Crippen LogP contribution in [0.15, 0.2) is 34.1 Å². The van der Waals surface area contributed by atoms with Crippen molar-refractivity contribution in [2.24, 2.45) is 0 Å². The van der Waals surface area contributed by atoms with E-state index in [2.05, 4.69) is 8.67 Å². The molecule has 8 nitrogen and oxygen atoms in total. The van der Waals surface area contributed by atoms with Crippen LogP contribution in [-0.4, -0.2) is 27.4 Å². The van der Waals surface area contributed by atoms with Crippen LogP contribution in [0.4, 0.5) is 0 Å². The van der Waals surface area contributed by atoms with Gasteiger partial charge in [-0.15, -0.1) is 8.67 Å². The number of hydrogen-bond donors (Lipinski definition) is 2. The van der Waals surface area contributed by atoms with Gasteiger partial charge >= 0.3 is 20.2 Å². The van der Waals surface area contributed by atoms with Crippen LogP contribution in [0.2, 0.25) is 0 Å². The van der Waals surface area contributed by atoms with Gasteiger partial charge in [-0.25, -0.2) is 10.5 Å². The summed E-state index contributed by atoms with van der Waals surface area (Å²) in [6.07, 6.45) is 0. The van der Waals surface area contributed by atoms with Gasteiger partial charge in [0.1, 0.15) is 9.79 Å². The summed E-state index contributed by atoms with van der Waals surface area (Å²) in [5.41, 5.74) is 0. The third-order valence-electron chi connectivity index (χ3n) is 1.58. The van der Waals surface area contributed by atoms with E-state index in [-0.39, 0.29) is 0 Å². The normalized spacial score (nSPS) is 12.6. The van der Waals surface area contributed by atoms with Gasteiger partial charge in [0.25, 0.3) is 0 Å². The standard InChI is InChI=1S/C6H6O8S2/c7-13-15(9,10)5-3-1-2-4-6(5)16(11,12)14-8/h1-4,7-8H. The van der Waals surface area contributed by atoms with Crippen molar-refractivity contribution in [3.63, 3.8) is 0 Å². The predicted octanol–water partition coefficient (Wildman–Crippen LogP) is 0.0432. The molecular weight excluding hydrogens is 264 g/mol. The van der Waals surface area contributed by atoms with Crippen molar-refractivity contribution < 1.29 is 36.0 Å². The van der Waals surface area contributed by atoms with Crippen LogP contribution in [0.1, 0.15) is 0 Å². The summed E-state index contributed by atoms with van der Waals surface area (Å²) in [6.45, 7) is 0. The Hall–Kier alpha value is -1.04.